The zero-order chi connectivity index (χ0) is 24.5. The molecule has 0 aliphatic heterocycles. The van der Waals surface area contributed by atoms with Crippen LogP contribution in [-0.4, -0.2) is 19.6 Å². The third-order valence-corrected chi connectivity index (χ3v) is 11.4. The Balaban J connectivity index is 1.34. The maximum atomic E-state index is 13.2. The van der Waals surface area contributed by atoms with Crippen molar-refractivity contribution in [2.75, 3.05) is 0 Å². The highest BCUT2D eigenvalue weighted by atomic mass is 32.2. The van der Waals surface area contributed by atoms with Gasteiger partial charge in [-0.1, -0.05) is 49.3 Å². The third-order valence-electron chi connectivity index (χ3n) is 9.85. The van der Waals surface area contributed by atoms with Gasteiger partial charge in [-0.2, -0.15) is 0 Å². The van der Waals surface area contributed by atoms with Crippen LogP contribution in [0.15, 0.2) is 40.5 Å². The smallest absolute Gasteiger partial charge is 0.257 e. The highest BCUT2D eigenvalue weighted by Gasteiger charge is 2.56. The van der Waals surface area contributed by atoms with Gasteiger partial charge in [-0.3, -0.25) is 0 Å². The summed E-state index contributed by atoms with van der Waals surface area (Å²) in [4.78, 5) is 3.09. The van der Waals surface area contributed by atoms with Gasteiger partial charge in [-0.05, 0) is 100 Å². The lowest BCUT2D eigenvalue weighted by atomic mass is 9.48. The standard InChI is InChI=1S/C28H40N2O3S/c1-17-14-18(2)26(19(3)15-17)34(32,33)30-29-25-9-8-23-22-7-6-20-16-21(31)10-12-27(20,4)24(22)11-13-28(23,25)5/h6,9,14-15,21-24,29-31H,7-8,10-13,16H2,1-5H3. The Bertz CT molecular complexity index is 1150. The first-order chi connectivity index (χ1) is 16.0. The second kappa shape index (κ2) is 8.21. The molecule has 0 spiro atoms. The Labute approximate surface area is 205 Å². The monoisotopic (exact) mass is 484 g/mol. The molecule has 2 fully saturated rings. The van der Waals surface area contributed by atoms with Crippen molar-refractivity contribution in [3.63, 3.8) is 0 Å². The molecule has 6 atom stereocenters. The maximum absolute atomic E-state index is 13.2. The Morgan fingerprint density at radius 1 is 0.941 bits per heavy atom. The van der Waals surface area contributed by atoms with Crippen LogP contribution in [0.1, 0.15) is 75.5 Å². The molecule has 6 unspecified atom stereocenters. The van der Waals surface area contributed by atoms with E-state index in [1.165, 1.54) is 5.57 Å². The van der Waals surface area contributed by atoms with Gasteiger partial charge in [-0.15, -0.1) is 4.83 Å². The molecule has 0 saturated heterocycles. The summed E-state index contributed by atoms with van der Waals surface area (Å²) in [6.45, 7) is 10.5. The predicted octanol–water partition coefficient (Wildman–Crippen LogP) is 5.21. The van der Waals surface area contributed by atoms with Crippen LogP contribution < -0.4 is 10.3 Å². The number of sulfonamides is 1. The van der Waals surface area contributed by atoms with Gasteiger partial charge in [0.2, 0.25) is 0 Å². The minimum absolute atomic E-state index is 0.0447. The van der Waals surface area contributed by atoms with E-state index in [1.807, 2.05) is 32.9 Å². The van der Waals surface area contributed by atoms with E-state index in [4.69, 9.17) is 0 Å². The van der Waals surface area contributed by atoms with E-state index in [2.05, 4.69) is 36.3 Å². The third kappa shape index (κ3) is 3.68. The molecular weight excluding hydrogens is 444 g/mol. The summed E-state index contributed by atoms with van der Waals surface area (Å²) in [6, 6.07) is 3.84. The molecule has 0 radical (unpaired) electrons. The lowest BCUT2D eigenvalue weighted by molar-refractivity contribution is -0.0311. The predicted molar refractivity (Wildman–Crippen MR) is 135 cm³/mol. The normalized spacial score (nSPS) is 37.2. The van der Waals surface area contributed by atoms with Crippen LogP contribution in [0, 0.1) is 49.4 Å². The van der Waals surface area contributed by atoms with Gasteiger partial charge in [0.1, 0.15) is 0 Å². The average molecular weight is 485 g/mol. The summed E-state index contributed by atoms with van der Waals surface area (Å²) in [5, 5.41) is 10.2. The molecule has 186 valence electrons. The number of nitrogens with one attached hydrogen (secondary N) is 2. The van der Waals surface area contributed by atoms with E-state index in [-0.39, 0.29) is 16.9 Å². The van der Waals surface area contributed by atoms with E-state index in [0.29, 0.717) is 22.6 Å². The Morgan fingerprint density at radius 3 is 2.32 bits per heavy atom. The summed E-state index contributed by atoms with van der Waals surface area (Å²) < 4.78 is 26.5. The molecule has 6 heteroatoms. The minimum Gasteiger partial charge on any atom is -0.393 e. The molecule has 3 N–H and O–H groups in total. The van der Waals surface area contributed by atoms with Gasteiger partial charge < -0.3 is 10.5 Å². The number of hydrogen-bond donors (Lipinski definition) is 3. The lowest BCUT2D eigenvalue weighted by Crippen LogP contribution is -2.51. The molecule has 2 saturated carbocycles. The molecule has 1 aromatic rings. The second-order valence-corrected chi connectivity index (χ2v) is 13.5. The van der Waals surface area contributed by atoms with Crippen molar-refractivity contribution in [3.05, 3.63) is 52.2 Å². The van der Waals surface area contributed by atoms with E-state index in [1.54, 1.807) is 0 Å². The van der Waals surface area contributed by atoms with Crippen LogP contribution in [0.3, 0.4) is 0 Å². The quantitative estimate of drug-likeness (QED) is 0.405. The first-order valence-corrected chi connectivity index (χ1v) is 14.4. The van der Waals surface area contributed by atoms with Crippen molar-refractivity contribution >= 4 is 10.0 Å². The van der Waals surface area contributed by atoms with Crippen molar-refractivity contribution in [3.8, 4) is 0 Å². The average Bonchev–Trinajstić information content (AvgIpc) is 3.08. The molecule has 4 aliphatic rings. The lowest BCUT2D eigenvalue weighted by Gasteiger charge is -2.57. The molecule has 1 aromatic carbocycles. The summed E-state index contributed by atoms with van der Waals surface area (Å²) in [7, 11) is -3.68. The fourth-order valence-electron chi connectivity index (χ4n) is 8.17. The number of fused-ring (bicyclic) bond motifs is 5. The topological polar surface area (TPSA) is 78.4 Å². The number of hydrogen-bond acceptors (Lipinski definition) is 4. The zero-order valence-corrected chi connectivity index (χ0v) is 22.1. The van der Waals surface area contributed by atoms with Gasteiger partial charge in [0, 0.05) is 11.1 Å². The van der Waals surface area contributed by atoms with Crippen LogP contribution in [0.5, 0.6) is 0 Å². The van der Waals surface area contributed by atoms with E-state index < -0.39 is 10.0 Å². The minimum atomic E-state index is -3.68. The molecule has 0 aromatic heterocycles. The van der Waals surface area contributed by atoms with Gasteiger partial charge in [0.15, 0.2) is 0 Å². The zero-order valence-electron chi connectivity index (χ0n) is 21.2. The first kappa shape index (κ1) is 24.1. The number of hydrazine groups is 1. The maximum Gasteiger partial charge on any atom is 0.257 e. The van der Waals surface area contributed by atoms with Crippen molar-refractivity contribution in [1.29, 1.82) is 0 Å². The molecule has 5 nitrogen and oxygen atoms in total. The van der Waals surface area contributed by atoms with E-state index in [9.17, 15) is 13.5 Å². The highest BCUT2D eigenvalue weighted by Crippen LogP contribution is 2.64. The van der Waals surface area contributed by atoms with Gasteiger partial charge in [0.05, 0.1) is 11.0 Å². The van der Waals surface area contributed by atoms with Crippen molar-refractivity contribution in [2.45, 2.75) is 90.6 Å². The Morgan fingerprint density at radius 2 is 1.62 bits per heavy atom. The molecule has 0 bridgehead atoms. The molecule has 0 amide bonds. The van der Waals surface area contributed by atoms with Crippen molar-refractivity contribution in [2.24, 2.45) is 28.6 Å². The van der Waals surface area contributed by atoms with Crippen LogP contribution >= 0.6 is 0 Å². The number of allylic oxidation sites excluding steroid dienone is 3. The largest absolute Gasteiger partial charge is 0.393 e. The summed E-state index contributed by atoms with van der Waals surface area (Å²) >= 11 is 0. The number of aryl methyl sites for hydroxylation is 3. The molecule has 5 rings (SSSR count). The van der Waals surface area contributed by atoms with Crippen LogP contribution in [0.4, 0.5) is 0 Å². The van der Waals surface area contributed by atoms with E-state index in [0.717, 1.165) is 67.3 Å². The molecular formula is C28H40N2O3S. The van der Waals surface area contributed by atoms with Crippen LogP contribution in [-0.2, 0) is 10.0 Å². The summed E-state index contributed by atoms with van der Waals surface area (Å²) in [6.07, 6.45) is 11.6. The SMILES string of the molecule is Cc1cc(C)c(S(=O)(=O)NNC2=CCC3C4CC=C5CC(O)CCC5(C)C4CCC23C)c(C)c1. The number of aliphatic hydroxyl groups excluding tert-OH is 1. The first-order valence-electron chi connectivity index (χ1n) is 12.9. The van der Waals surface area contributed by atoms with Crippen molar-refractivity contribution in [1.82, 2.24) is 10.3 Å². The van der Waals surface area contributed by atoms with Gasteiger partial charge in [0.25, 0.3) is 10.0 Å². The van der Waals surface area contributed by atoms with Crippen LogP contribution in [0.25, 0.3) is 0 Å². The molecule has 0 heterocycles. The van der Waals surface area contributed by atoms with Gasteiger partial charge in [-0.25, -0.2) is 8.42 Å². The van der Waals surface area contributed by atoms with Gasteiger partial charge >= 0.3 is 0 Å². The van der Waals surface area contributed by atoms with E-state index >= 15 is 0 Å². The van der Waals surface area contributed by atoms with Crippen LogP contribution in [0.2, 0.25) is 0 Å². The van der Waals surface area contributed by atoms with Crippen molar-refractivity contribution < 1.29 is 13.5 Å². The molecule has 34 heavy (non-hydrogen) atoms. The number of benzene rings is 1. The number of rotatable bonds is 4. The fraction of sp³-hybridized carbons (Fsp3) is 0.643. The Hall–Kier alpha value is -1.63. The second-order valence-electron chi connectivity index (χ2n) is 11.9. The fourth-order valence-corrected chi connectivity index (χ4v) is 9.48. The highest BCUT2D eigenvalue weighted by molar-refractivity contribution is 7.89. The number of aliphatic hydroxyl groups is 1. The Kier molecular flexibility index (Phi) is 5.81. The molecule has 4 aliphatic carbocycles. The summed E-state index contributed by atoms with van der Waals surface area (Å²) in [5.41, 5.74) is 8.46. The summed E-state index contributed by atoms with van der Waals surface area (Å²) in [5.74, 6) is 1.78.